The van der Waals surface area contributed by atoms with E-state index < -0.39 is 43.2 Å². The number of nitrogens with zero attached hydrogens (tertiary/aromatic N) is 1. The van der Waals surface area contributed by atoms with Gasteiger partial charge >= 0.3 is 0 Å². The van der Waals surface area contributed by atoms with E-state index in [1.165, 1.54) is 6.07 Å². The predicted molar refractivity (Wildman–Crippen MR) is 57.4 cm³/mol. The van der Waals surface area contributed by atoms with E-state index in [0.717, 1.165) is 12.3 Å². The molecule has 0 aliphatic heterocycles. The summed E-state index contributed by atoms with van der Waals surface area (Å²) in [6, 6.07) is 2.17. The Hall–Kier alpha value is -1.10. The van der Waals surface area contributed by atoms with Crippen LogP contribution in [0, 0.1) is 5.82 Å². The van der Waals surface area contributed by atoms with Crippen molar-refractivity contribution in [2.75, 3.05) is 12.3 Å². The van der Waals surface area contributed by atoms with Crippen LogP contribution in [0.3, 0.4) is 0 Å². The van der Waals surface area contributed by atoms with Crippen LogP contribution >= 0.6 is 0 Å². The molecular formula is C7H10FN3O4S2. The van der Waals surface area contributed by atoms with Gasteiger partial charge in [0.2, 0.25) is 15.0 Å². The first-order chi connectivity index (χ1) is 7.72. The van der Waals surface area contributed by atoms with Crippen molar-refractivity contribution in [3.8, 4) is 0 Å². The number of nitrogens with one attached hydrogen (secondary N) is 1. The standard InChI is InChI=1S/C7H10FN3O4S2/c8-6-2-1-3-10-7(6)17(14,15)11-4-5-16(9,12)13/h1-3,11H,4-5H2,(H2,9,12,13). The van der Waals surface area contributed by atoms with Gasteiger partial charge in [-0.3, -0.25) is 0 Å². The van der Waals surface area contributed by atoms with E-state index in [1.807, 2.05) is 4.72 Å². The van der Waals surface area contributed by atoms with Crippen LogP contribution in [0.5, 0.6) is 0 Å². The molecule has 7 nitrogen and oxygen atoms in total. The molecule has 0 fully saturated rings. The second kappa shape index (κ2) is 5.04. The molecule has 0 saturated carbocycles. The van der Waals surface area contributed by atoms with Gasteiger partial charge in [0.05, 0.1) is 5.75 Å². The third-order valence-corrected chi connectivity index (χ3v) is 3.82. The van der Waals surface area contributed by atoms with E-state index in [4.69, 9.17) is 0 Å². The summed E-state index contributed by atoms with van der Waals surface area (Å²) in [5.41, 5.74) is 0. The van der Waals surface area contributed by atoms with Crippen molar-refractivity contribution in [1.82, 2.24) is 9.71 Å². The van der Waals surface area contributed by atoms with Crippen molar-refractivity contribution >= 4 is 20.0 Å². The van der Waals surface area contributed by atoms with Gasteiger partial charge in [0.25, 0.3) is 10.0 Å². The minimum absolute atomic E-state index is 0.447. The minimum Gasteiger partial charge on any atom is -0.241 e. The maximum absolute atomic E-state index is 13.1. The van der Waals surface area contributed by atoms with E-state index in [-0.39, 0.29) is 0 Å². The summed E-state index contributed by atoms with van der Waals surface area (Å²) in [6.07, 6.45) is 1.11. The Morgan fingerprint density at radius 3 is 2.53 bits per heavy atom. The molecule has 1 heterocycles. The highest BCUT2D eigenvalue weighted by molar-refractivity contribution is 7.90. The zero-order valence-electron chi connectivity index (χ0n) is 8.50. The zero-order valence-corrected chi connectivity index (χ0v) is 10.1. The number of aromatic nitrogens is 1. The number of nitrogens with two attached hydrogens (primary N) is 1. The fourth-order valence-corrected chi connectivity index (χ4v) is 2.50. The Bertz CT molecular complexity index is 599. The molecule has 0 aliphatic rings. The number of rotatable bonds is 5. The lowest BCUT2D eigenvalue weighted by Crippen LogP contribution is -2.32. The third-order valence-electron chi connectivity index (χ3n) is 1.66. The Labute approximate surface area is 98.0 Å². The first kappa shape index (κ1) is 14.0. The fraction of sp³-hybridized carbons (Fsp3) is 0.286. The molecule has 3 N–H and O–H groups in total. The van der Waals surface area contributed by atoms with E-state index in [2.05, 4.69) is 10.1 Å². The van der Waals surface area contributed by atoms with Crippen LogP contribution in [-0.2, 0) is 20.0 Å². The molecule has 96 valence electrons. The Morgan fingerprint density at radius 1 is 1.35 bits per heavy atom. The minimum atomic E-state index is -4.17. The first-order valence-electron chi connectivity index (χ1n) is 4.33. The van der Waals surface area contributed by atoms with Gasteiger partial charge < -0.3 is 0 Å². The van der Waals surface area contributed by atoms with E-state index in [1.54, 1.807) is 0 Å². The summed E-state index contributed by atoms with van der Waals surface area (Å²) in [6.45, 7) is -0.447. The molecule has 1 aromatic heterocycles. The molecule has 0 saturated heterocycles. The van der Waals surface area contributed by atoms with Gasteiger partial charge in [-0.1, -0.05) is 0 Å². The van der Waals surface area contributed by atoms with Crippen molar-refractivity contribution in [2.45, 2.75) is 5.03 Å². The van der Waals surface area contributed by atoms with E-state index in [0.29, 0.717) is 0 Å². The molecule has 1 rings (SSSR count). The highest BCUT2D eigenvalue weighted by Gasteiger charge is 2.20. The van der Waals surface area contributed by atoms with Crippen molar-refractivity contribution in [2.24, 2.45) is 5.14 Å². The Kier molecular flexibility index (Phi) is 4.14. The van der Waals surface area contributed by atoms with Gasteiger partial charge in [0.1, 0.15) is 0 Å². The molecule has 0 spiro atoms. The molecule has 1 aromatic rings. The van der Waals surface area contributed by atoms with Gasteiger partial charge in [-0.05, 0) is 12.1 Å². The average Bonchev–Trinajstić information content (AvgIpc) is 2.15. The van der Waals surface area contributed by atoms with Gasteiger partial charge in [-0.25, -0.2) is 36.1 Å². The topological polar surface area (TPSA) is 119 Å². The van der Waals surface area contributed by atoms with E-state index >= 15 is 0 Å². The van der Waals surface area contributed by atoms with Crippen LogP contribution < -0.4 is 9.86 Å². The average molecular weight is 283 g/mol. The number of pyridine rings is 1. The molecule has 17 heavy (non-hydrogen) atoms. The summed E-state index contributed by atoms with van der Waals surface area (Å²) in [5, 5.41) is 3.90. The van der Waals surface area contributed by atoms with Crippen molar-refractivity contribution in [1.29, 1.82) is 0 Å². The van der Waals surface area contributed by atoms with Crippen molar-refractivity contribution < 1.29 is 21.2 Å². The lowest BCUT2D eigenvalue weighted by molar-refractivity contribution is 0.546. The number of sulfonamides is 2. The number of hydrogen-bond donors (Lipinski definition) is 2. The van der Waals surface area contributed by atoms with Crippen LogP contribution in [0.4, 0.5) is 4.39 Å². The summed E-state index contributed by atoms with van der Waals surface area (Å²) < 4.78 is 59.1. The van der Waals surface area contributed by atoms with Gasteiger partial charge in [-0.2, -0.15) is 0 Å². The van der Waals surface area contributed by atoms with Crippen LogP contribution in [0.15, 0.2) is 23.4 Å². The molecule has 0 aliphatic carbocycles. The van der Waals surface area contributed by atoms with Crippen LogP contribution in [0.1, 0.15) is 0 Å². The van der Waals surface area contributed by atoms with Crippen molar-refractivity contribution in [3.05, 3.63) is 24.1 Å². The maximum atomic E-state index is 13.1. The summed E-state index contributed by atoms with van der Waals surface area (Å²) in [5.74, 6) is -1.60. The summed E-state index contributed by atoms with van der Waals surface area (Å²) >= 11 is 0. The molecule has 0 atom stereocenters. The largest absolute Gasteiger partial charge is 0.261 e. The van der Waals surface area contributed by atoms with Gasteiger partial charge in [-0.15, -0.1) is 0 Å². The molecular weight excluding hydrogens is 273 g/mol. The molecule has 0 aromatic carbocycles. The lowest BCUT2D eigenvalue weighted by atomic mass is 10.5. The Balaban J connectivity index is 2.81. The second-order valence-corrected chi connectivity index (χ2v) is 6.47. The van der Waals surface area contributed by atoms with Gasteiger partial charge in [0.15, 0.2) is 5.82 Å². The lowest BCUT2D eigenvalue weighted by Gasteiger charge is -2.05. The molecule has 10 heteroatoms. The first-order valence-corrected chi connectivity index (χ1v) is 7.53. The smallest absolute Gasteiger partial charge is 0.241 e. The SMILES string of the molecule is NS(=O)(=O)CCNS(=O)(=O)c1ncccc1F. The normalized spacial score (nSPS) is 12.6. The quantitative estimate of drug-likeness (QED) is 0.702. The van der Waals surface area contributed by atoms with Gasteiger partial charge in [0, 0.05) is 12.7 Å². The number of halogens is 1. The molecule has 0 amide bonds. The molecule has 0 radical (unpaired) electrons. The summed E-state index contributed by atoms with van der Waals surface area (Å²) in [4.78, 5) is 3.36. The number of primary sulfonamides is 1. The summed E-state index contributed by atoms with van der Waals surface area (Å²) in [7, 11) is -7.95. The monoisotopic (exact) mass is 283 g/mol. The molecule has 0 bridgehead atoms. The second-order valence-electron chi connectivity index (χ2n) is 3.06. The fourth-order valence-electron chi connectivity index (χ4n) is 0.956. The predicted octanol–water partition coefficient (Wildman–Crippen LogP) is -1.21. The number of hydrogen-bond acceptors (Lipinski definition) is 5. The van der Waals surface area contributed by atoms with E-state index in [9.17, 15) is 21.2 Å². The Morgan fingerprint density at radius 2 is 2.00 bits per heavy atom. The van der Waals surface area contributed by atoms with Crippen molar-refractivity contribution in [3.63, 3.8) is 0 Å². The highest BCUT2D eigenvalue weighted by atomic mass is 32.2. The molecule has 0 unspecified atom stereocenters. The highest BCUT2D eigenvalue weighted by Crippen LogP contribution is 2.09. The zero-order chi connectivity index (χ0) is 13.1. The van der Waals surface area contributed by atoms with Crippen LogP contribution in [0.2, 0.25) is 0 Å². The third kappa shape index (κ3) is 4.34. The van der Waals surface area contributed by atoms with Crippen LogP contribution in [-0.4, -0.2) is 34.1 Å². The maximum Gasteiger partial charge on any atom is 0.261 e. The van der Waals surface area contributed by atoms with Crippen LogP contribution in [0.25, 0.3) is 0 Å².